The van der Waals surface area contributed by atoms with Crippen molar-refractivity contribution < 1.29 is 14.3 Å². The van der Waals surface area contributed by atoms with Gasteiger partial charge in [-0.15, -0.1) is 0 Å². The number of rotatable bonds is 2. The average molecular weight is 268 g/mol. The van der Waals surface area contributed by atoms with Crippen molar-refractivity contribution in [1.82, 2.24) is 0 Å². The molecule has 0 amide bonds. The number of carbonyl (C=O) groups excluding carboxylic acids is 2. The molecule has 92 valence electrons. The van der Waals surface area contributed by atoms with Crippen molar-refractivity contribution in [1.29, 1.82) is 0 Å². The molecule has 0 fully saturated rings. The van der Waals surface area contributed by atoms with Gasteiger partial charge in [-0.05, 0) is 18.2 Å². The van der Waals surface area contributed by atoms with Crippen LogP contribution in [0.5, 0.6) is 5.75 Å². The normalized spacial score (nSPS) is 12.6. The van der Waals surface area contributed by atoms with Crippen LogP contribution < -0.4 is 4.74 Å². The quantitative estimate of drug-likeness (QED) is 0.529. The van der Waals surface area contributed by atoms with Crippen LogP contribution in [0.3, 0.4) is 0 Å². The Morgan fingerprint density at radius 3 is 2.37 bits per heavy atom. The fraction of sp³-hybridized carbons (Fsp3) is 0. The average Bonchev–Trinajstić information content (AvgIpc) is 2.45. The van der Waals surface area contributed by atoms with E-state index in [-0.39, 0.29) is 5.78 Å². The second kappa shape index (κ2) is 4.40. The molecule has 0 saturated heterocycles. The van der Waals surface area contributed by atoms with Crippen LogP contribution in [0.1, 0.15) is 27.0 Å². The van der Waals surface area contributed by atoms with Crippen LogP contribution in [-0.4, -0.2) is 17.1 Å². The van der Waals surface area contributed by atoms with Gasteiger partial charge in [0.15, 0.2) is 5.78 Å². The highest BCUT2D eigenvalue weighted by molar-refractivity contribution is 7.81. The van der Waals surface area contributed by atoms with Gasteiger partial charge in [0.1, 0.15) is 5.75 Å². The first-order valence-electron chi connectivity index (χ1n) is 5.65. The molecular formula is C15H8O3S. The second-order valence-electron chi connectivity index (χ2n) is 4.13. The van der Waals surface area contributed by atoms with Crippen molar-refractivity contribution in [2.45, 2.75) is 0 Å². The maximum atomic E-state index is 12.4. The topological polar surface area (TPSA) is 43.4 Å². The van der Waals surface area contributed by atoms with E-state index in [0.717, 1.165) is 5.56 Å². The summed E-state index contributed by atoms with van der Waals surface area (Å²) >= 11 is 5.42. The van der Waals surface area contributed by atoms with Crippen LogP contribution in [-0.2, 0) is 4.79 Å². The summed E-state index contributed by atoms with van der Waals surface area (Å²) < 4.78 is 4.79. The summed E-state index contributed by atoms with van der Waals surface area (Å²) in [6.07, 6.45) is 0. The van der Waals surface area contributed by atoms with Gasteiger partial charge in [-0.3, -0.25) is 9.59 Å². The molecule has 0 N–H and O–H groups in total. The predicted octanol–water partition coefficient (Wildman–Crippen LogP) is 2.53. The zero-order valence-corrected chi connectivity index (χ0v) is 10.6. The van der Waals surface area contributed by atoms with E-state index in [1.807, 2.05) is 18.2 Å². The van der Waals surface area contributed by atoms with Gasteiger partial charge in [0.25, 0.3) is 6.47 Å². The van der Waals surface area contributed by atoms with E-state index in [9.17, 15) is 9.59 Å². The van der Waals surface area contributed by atoms with Gasteiger partial charge >= 0.3 is 0 Å². The largest absolute Gasteiger partial charge is 0.429 e. The number of benzene rings is 2. The standard InChI is InChI=1S/C15H8O3S/c16-8-18-9-5-6-11-13(7-9)15(19)12-4-2-1-3-10(12)14(11)17/h1-8H. The number of ether oxygens (including phenoxy) is 1. The van der Waals surface area contributed by atoms with Gasteiger partial charge in [0.05, 0.1) is 4.86 Å². The Kier molecular flexibility index (Phi) is 2.72. The third-order valence-electron chi connectivity index (χ3n) is 3.08. The maximum Gasteiger partial charge on any atom is 0.298 e. The molecule has 19 heavy (non-hydrogen) atoms. The lowest BCUT2D eigenvalue weighted by atomic mass is 9.85. The number of ketones is 1. The Balaban J connectivity index is 2.21. The number of fused-ring (bicyclic) bond motifs is 2. The molecule has 1 aliphatic rings. The highest BCUT2D eigenvalue weighted by Gasteiger charge is 2.26. The fourth-order valence-corrected chi connectivity index (χ4v) is 2.55. The number of hydrogen-bond acceptors (Lipinski definition) is 4. The van der Waals surface area contributed by atoms with E-state index in [0.29, 0.717) is 33.8 Å². The summed E-state index contributed by atoms with van der Waals surface area (Å²) in [4.78, 5) is 23.3. The molecule has 0 heterocycles. The summed E-state index contributed by atoms with van der Waals surface area (Å²) in [5, 5.41) is 0. The van der Waals surface area contributed by atoms with E-state index < -0.39 is 0 Å². The third-order valence-corrected chi connectivity index (χ3v) is 3.52. The Morgan fingerprint density at radius 1 is 0.947 bits per heavy atom. The first-order chi connectivity index (χ1) is 9.22. The van der Waals surface area contributed by atoms with Crippen LogP contribution in [0.15, 0.2) is 42.5 Å². The molecule has 0 spiro atoms. The molecule has 0 aliphatic heterocycles. The van der Waals surface area contributed by atoms with Crippen LogP contribution in [0.2, 0.25) is 0 Å². The molecule has 0 bridgehead atoms. The van der Waals surface area contributed by atoms with Gasteiger partial charge in [0, 0.05) is 22.3 Å². The number of carbonyl (C=O) groups is 2. The van der Waals surface area contributed by atoms with Crippen molar-refractivity contribution in [2.75, 3.05) is 0 Å². The Labute approximate surface area is 114 Å². The highest BCUT2D eigenvalue weighted by atomic mass is 32.1. The van der Waals surface area contributed by atoms with Crippen LogP contribution in [0, 0.1) is 0 Å². The van der Waals surface area contributed by atoms with E-state index in [4.69, 9.17) is 17.0 Å². The lowest BCUT2D eigenvalue weighted by Crippen LogP contribution is -2.20. The summed E-state index contributed by atoms with van der Waals surface area (Å²) in [5.74, 6) is 0.320. The van der Waals surface area contributed by atoms with Crippen molar-refractivity contribution >= 4 is 29.3 Å². The molecular weight excluding hydrogens is 260 g/mol. The molecule has 0 atom stereocenters. The van der Waals surface area contributed by atoms with Crippen molar-refractivity contribution in [2.24, 2.45) is 0 Å². The van der Waals surface area contributed by atoms with Crippen LogP contribution >= 0.6 is 12.2 Å². The van der Waals surface area contributed by atoms with E-state index in [1.54, 1.807) is 24.3 Å². The van der Waals surface area contributed by atoms with Crippen molar-refractivity contribution in [3.05, 3.63) is 64.7 Å². The number of hydrogen-bond donors (Lipinski definition) is 0. The first kappa shape index (κ1) is 11.7. The molecule has 2 aromatic rings. The van der Waals surface area contributed by atoms with Gasteiger partial charge < -0.3 is 4.74 Å². The monoisotopic (exact) mass is 268 g/mol. The Bertz CT molecular complexity index is 719. The fourth-order valence-electron chi connectivity index (χ4n) is 2.21. The molecule has 0 unspecified atom stereocenters. The molecule has 3 nitrogen and oxygen atoms in total. The molecule has 3 rings (SSSR count). The molecule has 0 aromatic heterocycles. The Morgan fingerprint density at radius 2 is 1.63 bits per heavy atom. The van der Waals surface area contributed by atoms with E-state index in [1.165, 1.54) is 0 Å². The van der Waals surface area contributed by atoms with Crippen molar-refractivity contribution in [3.63, 3.8) is 0 Å². The SMILES string of the molecule is O=COc1ccc2c(c1)C(=S)c1ccccc1C2=O. The minimum absolute atomic E-state index is 0.0585. The van der Waals surface area contributed by atoms with Crippen LogP contribution in [0.4, 0.5) is 0 Å². The minimum atomic E-state index is -0.0585. The summed E-state index contributed by atoms with van der Waals surface area (Å²) in [5.41, 5.74) is 2.54. The zero-order chi connectivity index (χ0) is 13.4. The smallest absolute Gasteiger partial charge is 0.298 e. The summed E-state index contributed by atoms with van der Waals surface area (Å²) in [6.45, 7) is 0.351. The Hall–Kier alpha value is -2.33. The predicted molar refractivity (Wildman–Crippen MR) is 73.8 cm³/mol. The van der Waals surface area contributed by atoms with E-state index in [2.05, 4.69) is 0 Å². The first-order valence-corrected chi connectivity index (χ1v) is 6.06. The molecule has 4 heteroatoms. The molecule has 2 aromatic carbocycles. The number of thiocarbonyl (C=S) groups is 1. The molecule has 1 aliphatic carbocycles. The zero-order valence-electron chi connectivity index (χ0n) is 9.75. The maximum absolute atomic E-state index is 12.4. The minimum Gasteiger partial charge on any atom is -0.429 e. The van der Waals surface area contributed by atoms with Gasteiger partial charge in [-0.25, -0.2) is 0 Å². The lowest BCUT2D eigenvalue weighted by Gasteiger charge is -2.19. The van der Waals surface area contributed by atoms with Crippen molar-refractivity contribution in [3.8, 4) is 5.75 Å². The van der Waals surface area contributed by atoms with Gasteiger partial charge in [-0.2, -0.15) is 0 Å². The highest BCUT2D eigenvalue weighted by Crippen LogP contribution is 2.30. The summed E-state index contributed by atoms with van der Waals surface area (Å²) in [6, 6.07) is 12.1. The second-order valence-corrected chi connectivity index (χ2v) is 4.53. The molecule has 0 saturated carbocycles. The molecule has 0 radical (unpaired) electrons. The lowest BCUT2D eigenvalue weighted by molar-refractivity contribution is -0.120. The van der Waals surface area contributed by atoms with E-state index >= 15 is 0 Å². The third kappa shape index (κ3) is 1.77. The van der Waals surface area contributed by atoms with Crippen LogP contribution in [0.25, 0.3) is 0 Å². The van der Waals surface area contributed by atoms with Gasteiger partial charge in [-0.1, -0.05) is 36.5 Å². The summed E-state index contributed by atoms with van der Waals surface area (Å²) in [7, 11) is 0. The van der Waals surface area contributed by atoms with Gasteiger partial charge in [0.2, 0.25) is 0 Å².